The van der Waals surface area contributed by atoms with Crippen molar-refractivity contribution in [2.75, 3.05) is 23.9 Å². The SMILES string of the molecule is COC1CCC(N(CC(C)C)c2ncc([C@H](C)CC(=O)O)cc2Nc2nc(Cl)ns2)CC1. The van der Waals surface area contributed by atoms with Crippen molar-refractivity contribution in [1.29, 1.82) is 0 Å². The Morgan fingerprint density at radius 3 is 2.62 bits per heavy atom. The molecule has 8 nitrogen and oxygen atoms in total. The molecule has 0 bridgehead atoms. The molecule has 0 aromatic carbocycles. The summed E-state index contributed by atoms with van der Waals surface area (Å²) < 4.78 is 9.61. The summed E-state index contributed by atoms with van der Waals surface area (Å²) in [5.74, 6) is 0.301. The van der Waals surface area contributed by atoms with Gasteiger partial charge < -0.3 is 20.1 Å². The van der Waals surface area contributed by atoms with Gasteiger partial charge in [0, 0.05) is 37.4 Å². The van der Waals surface area contributed by atoms with Crippen LogP contribution in [0, 0.1) is 5.92 Å². The normalized spacial score (nSPS) is 19.7. The lowest BCUT2D eigenvalue weighted by molar-refractivity contribution is -0.137. The summed E-state index contributed by atoms with van der Waals surface area (Å²) in [5, 5.41) is 13.3. The lowest BCUT2D eigenvalue weighted by Gasteiger charge is -2.39. The molecule has 0 aliphatic heterocycles. The maximum absolute atomic E-state index is 11.2. The highest BCUT2D eigenvalue weighted by Gasteiger charge is 2.29. The molecule has 1 aliphatic carbocycles. The number of pyridine rings is 1. The van der Waals surface area contributed by atoms with Crippen molar-refractivity contribution in [3.8, 4) is 0 Å². The first-order chi connectivity index (χ1) is 15.3. The van der Waals surface area contributed by atoms with E-state index in [2.05, 4.69) is 33.4 Å². The summed E-state index contributed by atoms with van der Waals surface area (Å²) in [4.78, 5) is 22.7. The third-order valence-electron chi connectivity index (χ3n) is 5.83. The number of nitrogens with one attached hydrogen (secondary N) is 1. The van der Waals surface area contributed by atoms with Crippen molar-refractivity contribution in [3.63, 3.8) is 0 Å². The fourth-order valence-corrected chi connectivity index (χ4v) is 4.93. The van der Waals surface area contributed by atoms with Crippen molar-refractivity contribution in [2.45, 2.75) is 70.9 Å². The summed E-state index contributed by atoms with van der Waals surface area (Å²) in [6.07, 6.45) is 6.29. The van der Waals surface area contributed by atoms with Gasteiger partial charge in [0.25, 0.3) is 0 Å². The Morgan fingerprint density at radius 1 is 1.34 bits per heavy atom. The minimum Gasteiger partial charge on any atom is -0.481 e. The molecular weight excluding hydrogens is 450 g/mol. The van der Waals surface area contributed by atoms with Crippen molar-refractivity contribution in [1.82, 2.24) is 14.3 Å². The molecule has 1 fully saturated rings. The van der Waals surface area contributed by atoms with Crippen LogP contribution >= 0.6 is 23.1 Å². The molecule has 2 N–H and O–H groups in total. The quantitative estimate of drug-likeness (QED) is 0.469. The third-order valence-corrected chi connectivity index (χ3v) is 6.73. The van der Waals surface area contributed by atoms with E-state index < -0.39 is 5.97 Å². The second kappa shape index (κ2) is 11.2. The smallest absolute Gasteiger partial charge is 0.303 e. The van der Waals surface area contributed by atoms with Gasteiger partial charge >= 0.3 is 5.97 Å². The molecule has 0 amide bonds. The molecule has 0 radical (unpaired) electrons. The minimum atomic E-state index is -0.830. The molecular formula is C22H32ClN5O3S. The first-order valence-electron chi connectivity index (χ1n) is 11.0. The average molecular weight is 482 g/mol. The highest BCUT2D eigenvalue weighted by Crippen LogP contribution is 2.36. The highest BCUT2D eigenvalue weighted by atomic mass is 35.5. The van der Waals surface area contributed by atoms with Gasteiger partial charge in [-0.25, -0.2) is 4.98 Å². The molecule has 10 heteroatoms. The largest absolute Gasteiger partial charge is 0.481 e. The maximum Gasteiger partial charge on any atom is 0.303 e. The van der Waals surface area contributed by atoms with E-state index in [9.17, 15) is 9.90 Å². The van der Waals surface area contributed by atoms with Crippen LogP contribution in [0.3, 0.4) is 0 Å². The lowest BCUT2D eigenvalue weighted by Crippen LogP contribution is -2.42. The molecule has 1 saturated carbocycles. The average Bonchev–Trinajstić information content (AvgIpc) is 3.16. The second-order valence-corrected chi connectivity index (χ2v) is 9.93. The number of methoxy groups -OCH3 is 1. The number of hydrogen-bond donors (Lipinski definition) is 2. The van der Waals surface area contributed by atoms with Gasteiger partial charge in [-0.2, -0.15) is 9.36 Å². The van der Waals surface area contributed by atoms with Crippen LogP contribution in [0.25, 0.3) is 0 Å². The second-order valence-electron chi connectivity index (χ2n) is 8.84. The molecule has 0 unspecified atom stereocenters. The number of anilines is 3. The predicted molar refractivity (Wildman–Crippen MR) is 128 cm³/mol. The van der Waals surface area contributed by atoms with Gasteiger partial charge in [-0.3, -0.25) is 4.79 Å². The Hall–Kier alpha value is -1.97. The van der Waals surface area contributed by atoms with Gasteiger partial charge in [0.15, 0.2) is 5.82 Å². The van der Waals surface area contributed by atoms with E-state index >= 15 is 0 Å². The summed E-state index contributed by atoms with van der Waals surface area (Å²) in [7, 11) is 1.78. The Balaban J connectivity index is 1.96. The number of hydrogen-bond acceptors (Lipinski definition) is 8. The number of halogens is 1. The fourth-order valence-electron chi connectivity index (χ4n) is 4.21. The summed E-state index contributed by atoms with van der Waals surface area (Å²) >= 11 is 7.11. The molecule has 2 aromatic heterocycles. The zero-order valence-electron chi connectivity index (χ0n) is 19.0. The molecule has 1 atom stereocenters. The van der Waals surface area contributed by atoms with E-state index in [1.54, 1.807) is 13.3 Å². The zero-order valence-corrected chi connectivity index (χ0v) is 20.6. The van der Waals surface area contributed by atoms with E-state index in [-0.39, 0.29) is 17.6 Å². The van der Waals surface area contributed by atoms with Crippen LogP contribution in [0.4, 0.5) is 16.6 Å². The molecule has 1 aliphatic rings. The Kier molecular flexibility index (Phi) is 8.67. The lowest BCUT2D eigenvalue weighted by atomic mass is 9.91. The van der Waals surface area contributed by atoms with Gasteiger partial charge in [-0.1, -0.05) is 20.8 Å². The minimum absolute atomic E-state index is 0.0435. The Bertz CT molecular complexity index is 901. The number of aromatic nitrogens is 3. The van der Waals surface area contributed by atoms with Gasteiger partial charge in [-0.15, -0.1) is 0 Å². The van der Waals surface area contributed by atoms with Crippen LogP contribution in [-0.4, -0.2) is 51.2 Å². The van der Waals surface area contributed by atoms with Crippen molar-refractivity contribution in [2.24, 2.45) is 5.92 Å². The summed E-state index contributed by atoms with van der Waals surface area (Å²) in [6, 6.07) is 2.34. The number of carboxylic acid groups (broad SMARTS) is 1. The molecule has 176 valence electrons. The standard InChI is InChI=1S/C22H32ClN5O3S/c1-13(2)12-28(16-5-7-17(31-4)8-6-16)20-18(25-22-26-21(23)27-32-22)10-15(11-24-20)14(3)9-19(29)30/h10-11,13-14,16-17H,5-9,12H2,1-4H3,(H,29,30)(H,25,26,27)/t14-,16?,17?/m1/s1. The van der Waals surface area contributed by atoms with Crippen LogP contribution in [0.2, 0.25) is 5.28 Å². The monoisotopic (exact) mass is 481 g/mol. The van der Waals surface area contributed by atoms with Crippen LogP contribution in [-0.2, 0) is 9.53 Å². The highest BCUT2D eigenvalue weighted by molar-refractivity contribution is 7.10. The molecule has 0 spiro atoms. The molecule has 2 heterocycles. The number of carboxylic acids is 1. The van der Waals surface area contributed by atoms with Gasteiger partial charge in [0.1, 0.15) is 0 Å². The van der Waals surface area contributed by atoms with Crippen LogP contribution < -0.4 is 10.2 Å². The Morgan fingerprint density at radius 2 is 2.06 bits per heavy atom. The molecule has 2 aromatic rings. The fraction of sp³-hybridized carbons (Fsp3) is 0.636. The van der Waals surface area contributed by atoms with Crippen molar-refractivity contribution in [3.05, 3.63) is 23.1 Å². The molecule has 0 saturated heterocycles. The van der Waals surface area contributed by atoms with E-state index in [0.29, 0.717) is 23.2 Å². The zero-order chi connectivity index (χ0) is 23.3. The Labute approximate surface area is 198 Å². The third kappa shape index (κ3) is 6.52. The van der Waals surface area contributed by atoms with E-state index in [0.717, 1.165) is 49.3 Å². The van der Waals surface area contributed by atoms with Crippen LogP contribution in [0.5, 0.6) is 0 Å². The summed E-state index contributed by atoms with van der Waals surface area (Å²) in [6.45, 7) is 7.17. The van der Waals surface area contributed by atoms with Gasteiger partial charge in [0.05, 0.1) is 18.2 Å². The van der Waals surface area contributed by atoms with Crippen LogP contribution in [0.15, 0.2) is 12.3 Å². The van der Waals surface area contributed by atoms with Gasteiger partial charge in [-0.05, 0) is 60.7 Å². The first kappa shape index (κ1) is 24.7. The van der Waals surface area contributed by atoms with Crippen molar-refractivity contribution >= 4 is 45.7 Å². The number of rotatable bonds is 10. The van der Waals surface area contributed by atoms with E-state index in [4.69, 9.17) is 21.3 Å². The van der Waals surface area contributed by atoms with Gasteiger partial charge in [0.2, 0.25) is 10.4 Å². The summed E-state index contributed by atoms with van der Waals surface area (Å²) in [5.41, 5.74) is 1.66. The maximum atomic E-state index is 11.2. The van der Waals surface area contributed by atoms with E-state index in [1.165, 1.54) is 11.5 Å². The first-order valence-corrected chi connectivity index (χ1v) is 12.2. The molecule has 32 heavy (non-hydrogen) atoms. The number of carbonyl (C=O) groups is 1. The number of aliphatic carboxylic acids is 1. The predicted octanol–water partition coefficient (Wildman–Crippen LogP) is 5.33. The van der Waals surface area contributed by atoms with Crippen LogP contribution in [0.1, 0.15) is 64.4 Å². The molecule has 3 rings (SSSR count). The number of nitrogens with zero attached hydrogens (tertiary/aromatic N) is 4. The van der Waals surface area contributed by atoms with Crippen molar-refractivity contribution < 1.29 is 14.6 Å². The number of ether oxygens (including phenoxy) is 1. The topological polar surface area (TPSA) is 100 Å². The van der Waals surface area contributed by atoms with E-state index in [1.807, 2.05) is 13.0 Å².